The smallest absolute Gasteiger partial charge is 0.498 e. The lowest BCUT2D eigenvalue weighted by molar-refractivity contribution is -0.692. The Bertz CT molecular complexity index is 725. The molecule has 0 unspecified atom stereocenters. The maximum Gasteiger partial charge on any atom is 0.498 e. The fourth-order valence-electron chi connectivity index (χ4n) is 1.93. The molecule has 2 aromatic rings. The van der Waals surface area contributed by atoms with Crippen LogP contribution >= 0.6 is 0 Å². The minimum absolute atomic E-state index is 0.00976. The minimum atomic E-state index is -0.133. The van der Waals surface area contributed by atoms with Gasteiger partial charge in [0.25, 0.3) is 0 Å². The summed E-state index contributed by atoms with van der Waals surface area (Å²) in [7, 11) is 3.38. The van der Waals surface area contributed by atoms with Crippen LogP contribution in [-0.2, 0) is 14.1 Å². The van der Waals surface area contributed by atoms with Gasteiger partial charge in [-0.3, -0.25) is 0 Å². The van der Waals surface area contributed by atoms with Crippen LogP contribution in [0.1, 0.15) is 17.0 Å². The van der Waals surface area contributed by atoms with E-state index in [0.717, 1.165) is 5.69 Å². The zero-order valence-electron chi connectivity index (χ0n) is 11.7. The third-order valence-electron chi connectivity index (χ3n) is 3.33. The largest absolute Gasteiger partial charge is 0.507 e. The Labute approximate surface area is 116 Å². The van der Waals surface area contributed by atoms with Crippen molar-refractivity contribution in [3.63, 3.8) is 0 Å². The molecule has 0 atom stereocenters. The standard InChI is InChI=1S/C15H16N2O3/c1-10-9-11(17(3)15(20)16(10)2)7-8-12-13(18)5-4-6-14(12)19/h4-9H,1-3H3,(H,18,19)/p+1. The van der Waals surface area contributed by atoms with Gasteiger partial charge in [-0.25, -0.2) is 0 Å². The number of aryl methyl sites for hydroxylation is 1. The van der Waals surface area contributed by atoms with E-state index in [4.69, 9.17) is 0 Å². The Hall–Kier alpha value is -2.56. The van der Waals surface area contributed by atoms with Crippen molar-refractivity contribution in [3.05, 3.63) is 51.7 Å². The highest BCUT2D eigenvalue weighted by Crippen LogP contribution is 2.27. The lowest BCUT2D eigenvalue weighted by Crippen LogP contribution is -2.53. The van der Waals surface area contributed by atoms with E-state index in [1.54, 1.807) is 36.9 Å². The van der Waals surface area contributed by atoms with Gasteiger partial charge in [0, 0.05) is 6.07 Å². The van der Waals surface area contributed by atoms with Gasteiger partial charge in [-0.15, -0.1) is 0 Å². The summed E-state index contributed by atoms with van der Waals surface area (Å²) in [6.45, 7) is 1.84. The van der Waals surface area contributed by atoms with Gasteiger partial charge in [0.1, 0.15) is 22.9 Å². The Morgan fingerprint density at radius 1 is 1.20 bits per heavy atom. The number of aromatic nitrogens is 2. The molecule has 0 fully saturated rings. The van der Waals surface area contributed by atoms with Gasteiger partial charge in [0.15, 0.2) is 0 Å². The number of rotatable bonds is 2. The van der Waals surface area contributed by atoms with Crippen LogP contribution in [0.25, 0.3) is 12.2 Å². The molecule has 0 radical (unpaired) electrons. The van der Waals surface area contributed by atoms with Crippen molar-refractivity contribution in [3.8, 4) is 11.5 Å². The maximum atomic E-state index is 11.9. The van der Waals surface area contributed by atoms with Crippen molar-refractivity contribution in [2.24, 2.45) is 14.1 Å². The van der Waals surface area contributed by atoms with Gasteiger partial charge in [-0.2, -0.15) is 13.9 Å². The predicted molar refractivity (Wildman–Crippen MR) is 76.3 cm³/mol. The van der Waals surface area contributed by atoms with E-state index in [9.17, 15) is 15.0 Å². The van der Waals surface area contributed by atoms with E-state index >= 15 is 0 Å². The monoisotopic (exact) mass is 273 g/mol. The molecule has 0 saturated heterocycles. The van der Waals surface area contributed by atoms with E-state index in [-0.39, 0.29) is 17.2 Å². The molecule has 104 valence electrons. The van der Waals surface area contributed by atoms with E-state index in [1.807, 2.05) is 13.0 Å². The Balaban J connectivity index is 2.50. The summed E-state index contributed by atoms with van der Waals surface area (Å²) < 4.78 is 3.05. The summed E-state index contributed by atoms with van der Waals surface area (Å²) >= 11 is 0. The van der Waals surface area contributed by atoms with Crippen LogP contribution in [-0.4, -0.2) is 14.8 Å². The van der Waals surface area contributed by atoms with Crippen molar-refractivity contribution < 1.29 is 14.8 Å². The number of phenols is 2. The van der Waals surface area contributed by atoms with Gasteiger partial charge in [0.2, 0.25) is 0 Å². The molecule has 0 spiro atoms. The highest BCUT2D eigenvalue weighted by molar-refractivity contribution is 5.73. The fourth-order valence-corrected chi connectivity index (χ4v) is 1.93. The SMILES string of the molecule is Cc1cc(/C=C/c2c(O)cccc2O)[n+](C)c(=O)n1C. The van der Waals surface area contributed by atoms with E-state index < -0.39 is 0 Å². The van der Waals surface area contributed by atoms with Gasteiger partial charge in [0.05, 0.1) is 19.7 Å². The number of aromatic hydroxyl groups is 2. The molecule has 0 bridgehead atoms. The van der Waals surface area contributed by atoms with Crippen LogP contribution in [0, 0.1) is 6.92 Å². The third kappa shape index (κ3) is 2.42. The summed E-state index contributed by atoms with van der Waals surface area (Å²) in [5.41, 5.74) is 1.71. The molecular weight excluding hydrogens is 256 g/mol. The molecule has 20 heavy (non-hydrogen) atoms. The molecule has 1 aromatic carbocycles. The molecule has 1 heterocycles. The zero-order chi connectivity index (χ0) is 14.9. The number of benzene rings is 1. The van der Waals surface area contributed by atoms with E-state index in [0.29, 0.717) is 11.3 Å². The highest BCUT2D eigenvalue weighted by atomic mass is 16.3. The summed E-state index contributed by atoms with van der Waals surface area (Å²) in [5, 5.41) is 19.4. The Morgan fingerprint density at radius 2 is 1.80 bits per heavy atom. The molecule has 5 nitrogen and oxygen atoms in total. The number of hydrogen-bond donors (Lipinski definition) is 2. The lowest BCUT2D eigenvalue weighted by Gasteiger charge is -2.03. The van der Waals surface area contributed by atoms with E-state index in [2.05, 4.69) is 0 Å². The first-order valence-electron chi connectivity index (χ1n) is 6.17. The number of phenolic OH excluding ortho intramolecular Hbond substituents is 2. The van der Waals surface area contributed by atoms with Crippen molar-refractivity contribution in [2.45, 2.75) is 6.92 Å². The molecular formula is C15H17N2O3+. The molecule has 0 aliphatic rings. The summed E-state index contributed by atoms with van der Waals surface area (Å²) in [5.74, 6) is -0.0195. The average molecular weight is 273 g/mol. The van der Waals surface area contributed by atoms with Crippen molar-refractivity contribution in [1.29, 1.82) is 0 Å². The predicted octanol–water partition coefficient (Wildman–Crippen LogP) is 1.10. The summed E-state index contributed by atoms with van der Waals surface area (Å²) in [6.07, 6.45) is 3.27. The Kier molecular flexibility index (Phi) is 3.61. The second kappa shape index (κ2) is 5.21. The first-order valence-corrected chi connectivity index (χ1v) is 6.17. The average Bonchev–Trinajstić information content (AvgIpc) is 2.41. The summed E-state index contributed by atoms with van der Waals surface area (Å²) in [4.78, 5) is 11.9. The molecule has 0 amide bonds. The van der Waals surface area contributed by atoms with Crippen LogP contribution in [0.3, 0.4) is 0 Å². The molecule has 2 N–H and O–H groups in total. The van der Waals surface area contributed by atoms with Crippen LogP contribution in [0.2, 0.25) is 0 Å². The molecule has 0 aliphatic heterocycles. The van der Waals surface area contributed by atoms with Crippen molar-refractivity contribution in [2.75, 3.05) is 0 Å². The normalized spacial score (nSPS) is 11.2. The molecule has 2 rings (SSSR count). The van der Waals surface area contributed by atoms with Crippen LogP contribution in [0.5, 0.6) is 11.5 Å². The molecule has 1 aromatic heterocycles. The first kappa shape index (κ1) is 13.9. The molecule has 5 heteroatoms. The topological polar surface area (TPSA) is 66.3 Å². The second-order valence-corrected chi connectivity index (χ2v) is 4.65. The quantitative estimate of drug-likeness (QED) is 0.805. The minimum Gasteiger partial charge on any atom is -0.507 e. The van der Waals surface area contributed by atoms with Crippen molar-refractivity contribution >= 4 is 12.2 Å². The van der Waals surface area contributed by atoms with Crippen LogP contribution < -0.4 is 10.3 Å². The maximum absolute atomic E-state index is 11.9. The third-order valence-corrected chi connectivity index (χ3v) is 3.33. The summed E-state index contributed by atoms with van der Waals surface area (Å²) in [6, 6.07) is 6.41. The lowest BCUT2D eigenvalue weighted by atomic mass is 10.1. The molecule has 0 saturated carbocycles. The van der Waals surface area contributed by atoms with Gasteiger partial charge in [-0.1, -0.05) is 6.07 Å². The highest BCUT2D eigenvalue weighted by Gasteiger charge is 2.12. The van der Waals surface area contributed by atoms with Crippen LogP contribution in [0.15, 0.2) is 29.1 Å². The number of hydrogen-bond acceptors (Lipinski definition) is 3. The van der Waals surface area contributed by atoms with E-state index in [1.165, 1.54) is 16.7 Å². The van der Waals surface area contributed by atoms with Crippen LogP contribution in [0.4, 0.5) is 0 Å². The van der Waals surface area contributed by atoms with Gasteiger partial charge < -0.3 is 10.2 Å². The molecule has 0 aliphatic carbocycles. The Morgan fingerprint density at radius 3 is 2.40 bits per heavy atom. The fraction of sp³-hybridized carbons (Fsp3) is 0.200. The first-order chi connectivity index (χ1) is 9.41. The zero-order valence-corrected chi connectivity index (χ0v) is 11.7. The number of nitrogens with zero attached hydrogens (tertiary/aromatic N) is 2. The van der Waals surface area contributed by atoms with Gasteiger partial charge >= 0.3 is 5.69 Å². The van der Waals surface area contributed by atoms with Crippen molar-refractivity contribution in [1.82, 2.24) is 4.57 Å². The second-order valence-electron chi connectivity index (χ2n) is 4.65. The van der Waals surface area contributed by atoms with Gasteiger partial charge in [-0.05, 0) is 31.2 Å².